The Balaban J connectivity index is 1.52. The molecule has 2 fully saturated rings. The highest BCUT2D eigenvalue weighted by Gasteiger charge is 2.34. The maximum absolute atomic E-state index is 11.7. The predicted octanol–water partition coefficient (Wildman–Crippen LogP) is 1.44. The quantitative estimate of drug-likeness (QED) is 0.912. The highest BCUT2D eigenvalue weighted by atomic mass is 16.5. The van der Waals surface area contributed by atoms with E-state index in [-0.39, 0.29) is 5.43 Å². The third kappa shape index (κ3) is 3.14. The number of H-pyrrole nitrogens is 1. The first kappa shape index (κ1) is 14.6. The summed E-state index contributed by atoms with van der Waals surface area (Å²) < 4.78 is 4.99. The standard InChI is InChI=1S/C16H25N3O2/c1-12-5-3-4-6-19(12)14-10-18(11-14)9-13-7-15(20)16(21-2)8-17-13/h7-8,12,14H,3-6,9-11H2,1-2H3,(H,17,20)/t12-/m0/s1. The van der Waals surface area contributed by atoms with Gasteiger partial charge in [-0.05, 0) is 26.3 Å². The first-order valence-corrected chi connectivity index (χ1v) is 7.91. The Hall–Kier alpha value is -1.33. The van der Waals surface area contributed by atoms with Crippen LogP contribution in [0.1, 0.15) is 31.9 Å². The fourth-order valence-electron chi connectivity index (χ4n) is 3.54. The Morgan fingerprint density at radius 2 is 2.19 bits per heavy atom. The number of methoxy groups -OCH3 is 1. The molecule has 1 N–H and O–H groups in total. The molecule has 0 saturated carbocycles. The molecule has 2 saturated heterocycles. The van der Waals surface area contributed by atoms with Crippen molar-refractivity contribution in [3.8, 4) is 5.75 Å². The highest BCUT2D eigenvalue weighted by molar-refractivity contribution is 5.20. The van der Waals surface area contributed by atoms with E-state index in [1.165, 1.54) is 32.9 Å². The van der Waals surface area contributed by atoms with Gasteiger partial charge in [0.05, 0.1) is 7.11 Å². The molecule has 0 spiro atoms. The van der Waals surface area contributed by atoms with Gasteiger partial charge < -0.3 is 9.72 Å². The van der Waals surface area contributed by atoms with Gasteiger partial charge in [-0.2, -0.15) is 0 Å². The third-order valence-electron chi connectivity index (χ3n) is 4.81. The fraction of sp³-hybridized carbons (Fsp3) is 0.688. The van der Waals surface area contributed by atoms with E-state index in [9.17, 15) is 4.79 Å². The average molecular weight is 291 g/mol. The molecule has 0 radical (unpaired) electrons. The lowest BCUT2D eigenvalue weighted by atomic mass is 9.97. The van der Waals surface area contributed by atoms with Gasteiger partial charge in [0.1, 0.15) is 0 Å². The second-order valence-electron chi connectivity index (χ2n) is 6.32. The monoisotopic (exact) mass is 291 g/mol. The average Bonchev–Trinajstić information content (AvgIpc) is 2.44. The third-order valence-corrected chi connectivity index (χ3v) is 4.81. The van der Waals surface area contributed by atoms with Crippen LogP contribution in [0.5, 0.6) is 5.75 Å². The van der Waals surface area contributed by atoms with Crippen LogP contribution in [-0.4, -0.2) is 53.6 Å². The molecule has 2 aliphatic rings. The van der Waals surface area contributed by atoms with Gasteiger partial charge in [0.15, 0.2) is 5.75 Å². The van der Waals surface area contributed by atoms with E-state index in [1.807, 2.05) is 0 Å². The summed E-state index contributed by atoms with van der Waals surface area (Å²) >= 11 is 0. The number of hydrogen-bond donors (Lipinski definition) is 1. The molecule has 0 amide bonds. The number of piperidine rings is 1. The lowest BCUT2D eigenvalue weighted by Crippen LogP contribution is -2.61. The number of hydrogen-bond acceptors (Lipinski definition) is 4. The maximum Gasteiger partial charge on any atom is 0.223 e. The van der Waals surface area contributed by atoms with Crippen molar-refractivity contribution in [2.45, 2.75) is 44.8 Å². The Kier molecular flexibility index (Phi) is 4.31. The number of aromatic nitrogens is 1. The van der Waals surface area contributed by atoms with Gasteiger partial charge in [0, 0.05) is 49.7 Å². The van der Waals surface area contributed by atoms with Crippen LogP contribution in [0.2, 0.25) is 0 Å². The molecule has 5 heteroatoms. The summed E-state index contributed by atoms with van der Waals surface area (Å²) in [4.78, 5) is 19.9. The molecule has 3 heterocycles. The van der Waals surface area contributed by atoms with E-state index in [0.29, 0.717) is 11.8 Å². The second-order valence-corrected chi connectivity index (χ2v) is 6.32. The Morgan fingerprint density at radius 3 is 2.86 bits per heavy atom. The summed E-state index contributed by atoms with van der Waals surface area (Å²) in [5.41, 5.74) is 0.916. The van der Waals surface area contributed by atoms with E-state index in [2.05, 4.69) is 21.7 Å². The van der Waals surface area contributed by atoms with Crippen LogP contribution in [-0.2, 0) is 6.54 Å². The number of pyridine rings is 1. The SMILES string of the molecule is COc1c[nH]c(CN2CC(N3CCCC[C@@H]3C)C2)cc1=O. The Bertz CT molecular complexity index is 537. The van der Waals surface area contributed by atoms with Crippen LogP contribution < -0.4 is 10.2 Å². The number of nitrogens with zero attached hydrogens (tertiary/aromatic N) is 2. The summed E-state index contributed by atoms with van der Waals surface area (Å²) in [6.07, 6.45) is 5.71. The van der Waals surface area contributed by atoms with Crippen LogP contribution in [0, 0.1) is 0 Å². The van der Waals surface area contributed by atoms with Crippen LogP contribution in [0.4, 0.5) is 0 Å². The maximum atomic E-state index is 11.7. The molecule has 2 aliphatic heterocycles. The molecule has 116 valence electrons. The minimum Gasteiger partial charge on any atom is -0.491 e. The van der Waals surface area contributed by atoms with Gasteiger partial charge in [-0.25, -0.2) is 0 Å². The molecule has 5 nitrogen and oxygen atoms in total. The molecular weight excluding hydrogens is 266 g/mol. The van der Waals surface area contributed by atoms with E-state index in [4.69, 9.17) is 4.74 Å². The summed E-state index contributed by atoms with van der Waals surface area (Å²) in [7, 11) is 1.52. The normalized spacial score (nSPS) is 24.8. The van der Waals surface area contributed by atoms with E-state index >= 15 is 0 Å². The van der Waals surface area contributed by atoms with Crippen molar-refractivity contribution in [1.29, 1.82) is 0 Å². The fourth-order valence-corrected chi connectivity index (χ4v) is 3.54. The minimum absolute atomic E-state index is 0.0482. The van der Waals surface area contributed by atoms with E-state index in [1.54, 1.807) is 12.3 Å². The smallest absolute Gasteiger partial charge is 0.223 e. The van der Waals surface area contributed by atoms with Gasteiger partial charge in [-0.3, -0.25) is 14.6 Å². The van der Waals surface area contributed by atoms with Crippen molar-refractivity contribution < 1.29 is 4.74 Å². The van der Waals surface area contributed by atoms with Crippen LogP contribution in [0.3, 0.4) is 0 Å². The molecule has 1 aromatic rings. The number of likely N-dealkylation sites (tertiary alicyclic amines) is 2. The van der Waals surface area contributed by atoms with Crippen molar-refractivity contribution in [2.75, 3.05) is 26.7 Å². The molecule has 0 aliphatic carbocycles. The molecule has 3 rings (SSSR count). The molecule has 0 bridgehead atoms. The lowest BCUT2D eigenvalue weighted by Gasteiger charge is -2.49. The Morgan fingerprint density at radius 1 is 1.38 bits per heavy atom. The molecular formula is C16H25N3O2. The first-order chi connectivity index (χ1) is 10.2. The number of rotatable bonds is 4. The summed E-state index contributed by atoms with van der Waals surface area (Å²) in [5, 5.41) is 0. The summed E-state index contributed by atoms with van der Waals surface area (Å²) in [6.45, 7) is 6.64. The highest BCUT2D eigenvalue weighted by Crippen LogP contribution is 2.25. The predicted molar refractivity (Wildman–Crippen MR) is 82.7 cm³/mol. The molecule has 1 atom stereocenters. The van der Waals surface area contributed by atoms with Gasteiger partial charge in [-0.1, -0.05) is 6.42 Å². The van der Waals surface area contributed by atoms with Gasteiger partial charge in [0.2, 0.25) is 5.43 Å². The zero-order valence-electron chi connectivity index (χ0n) is 13.0. The van der Waals surface area contributed by atoms with Crippen molar-refractivity contribution in [1.82, 2.24) is 14.8 Å². The van der Waals surface area contributed by atoms with Gasteiger partial charge in [-0.15, -0.1) is 0 Å². The van der Waals surface area contributed by atoms with Crippen LogP contribution in [0.25, 0.3) is 0 Å². The second kappa shape index (κ2) is 6.20. The van der Waals surface area contributed by atoms with Gasteiger partial charge in [0.25, 0.3) is 0 Å². The summed E-state index contributed by atoms with van der Waals surface area (Å²) in [6, 6.07) is 3.08. The van der Waals surface area contributed by atoms with Gasteiger partial charge >= 0.3 is 0 Å². The minimum atomic E-state index is -0.0482. The van der Waals surface area contributed by atoms with Crippen molar-refractivity contribution >= 4 is 0 Å². The van der Waals surface area contributed by atoms with E-state index in [0.717, 1.165) is 31.4 Å². The molecule has 0 aromatic carbocycles. The zero-order valence-corrected chi connectivity index (χ0v) is 13.0. The number of nitrogens with one attached hydrogen (secondary N) is 1. The number of ether oxygens (including phenoxy) is 1. The topological polar surface area (TPSA) is 48.6 Å². The number of aromatic amines is 1. The van der Waals surface area contributed by atoms with Crippen LogP contribution >= 0.6 is 0 Å². The zero-order chi connectivity index (χ0) is 14.8. The van der Waals surface area contributed by atoms with Crippen molar-refractivity contribution in [2.24, 2.45) is 0 Å². The lowest BCUT2D eigenvalue weighted by molar-refractivity contribution is -0.00676. The molecule has 1 aromatic heterocycles. The summed E-state index contributed by atoms with van der Waals surface area (Å²) in [5.74, 6) is 0.377. The Labute approximate surface area is 125 Å². The van der Waals surface area contributed by atoms with E-state index < -0.39 is 0 Å². The molecule has 21 heavy (non-hydrogen) atoms. The van der Waals surface area contributed by atoms with Crippen molar-refractivity contribution in [3.05, 3.63) is 28.2 Å². The van der Waals surface area contributed by atoms with Crippen molar-refractivity contribution in [3.63, 3.8) is 0 Å². The molecule has 0 unspecified atom stereocenters. The van der Waals surface area contributed by atoms with Crippen LogP contribution in [0.15, 0.2) is 17.1 Å². The largest absolute Gasteiger partial charge is 0.491 e. The first-order valence-electron chi connectivity index (χ1n) is 7.91.